The summed E-state index contributed by atoms with van der Waals surface area (Å²) < 4.78 is 6.25. The minimum Gasteiger partial charge on any atom is -0.492 e. The lowest BCUT2D eigenvalue weighted by Gasteiger charge is -2.33. The number of hydrogen-bond donors (Lipinski definition) is 0. The van der Waals surface area contributed by atoms with Crippen molar-refractivity contribution in [2.75, 3.05) is 31.1 Å². The molecule has 1 saturated heterocycles. The standard InChI is InChI=1S/C30H32Cl2N2O2/c31-26-20-27(32)30(25-12-13-28(35)34(29(25)26)21-22-8-3-1-4-9-22)36-19-7-16-33-17-14-24(15-18-33)23-10-5-2-6-11-23/h1-6,8-11,20,24H,7,12-19,21H2. The normalized spacial score (nSPS) is 16.7. The Hall–Kier alpha value is -2.53. The van der Waals surface area contributed by atoms with Gasteiger partial charge in [0.25, 0.3) is 0 Å². The first kappa shape index (κ1) is 25.1. The van der Waals surface area contributed by atoms with Crippen molar-refractivity contribution in [1.82, 2.24) is 4.90 Å². The maximum Gasteiger partial charge on any atom is 0.227 e. The average Bonchev–Trinajstić information content (AvgIpc) is 2.91. The summed E-state index contributed by atoms with van der Waals surface area (Å²) in [6.07, 6.45) is 4.33. The lowest BCUT2D eigenvalue weighted by atomic mass is 9.89. The summed E-state index contributed by atoms with van der Waals surface area (Å²) in [6.45, 7) is 4.30. The Morgan fingerprint density at radius 1 is 0.889 bits per heavy atom. The Labute approximate surface area is 223 Å². The van der Waals surface area contributed by atoms with E-state index in [1.807, 2.05) is 30.3 Å². The van der Waals surface area contributed by atoms with Crippen LogP contribution < -0.4 is 9.64 Å². The zero-order chi connectivity index (χ0) is 24.9. The first-order valence-electron chi connectivity index (χ1n) is 12.9. The number of halogens is 2. The van der Waals surface area contributed by atoms with Crippen LogP contribution in [-0.2, 0) is 17.8 Å². The van der Waals surface area contributed by atoms with E-state index in [0.717, 1.165) is 42.9 Å². The Kier molecular flexibility index (Phi) is 8.15. The number of piperidine rings is 1. The molecule has 0 spiro atoms. The van der Waals surface area contributed by atoms with Crippen molar-refractivity contribution in [1.29, 1.82) is 0 Å². The first-order valence-corrected chi connectivity index (χ1v) is 13.6. The van der Waals surface area contributed by atoms with Gasteiger partial charge in [0.2, 0.25) is 5.91 Å². The summed E-state index contributed by atoms with van der Waals surface area (Å²) in [4.78, 5) is 17.2. The molecule has 2 heterocycles. The van der Waals surface area contributed by atoms with E-state index in [-0.39, 0.29) is 5.91 Å². The van der Waals surface area contributed by atoms with Crippen LogP contribution in [0.4, 0.5) is 5.69 Å². The van der Waals surface area contributed by atoms with Crippen molar-refractivity contribution < 1.29 is 9.53 Å². The van der Waals surface area contributed by atoms with E-state index in [1.54, 1.807) is 11.0 Å². The fraction of sp³-hybridized carbons (Fsp3) is 0.367. The third kappa shape index (κ3) is 5.72. The smallest absolute Gasteiger partial charge is 0.227 e. The fourth-order valence-corrected chi connectivity index (χ4v) is 6.08. The zero-order valence-electron chi connectivity index (χ0n) is 20.5. The highest BCUT2D eigenvalue weighted by Crippen LogP contribution is 2.45. The third-order valence-electron chi connectivity index (χ3n) is 7.32. The topological polar surface area (TPSA) is 32.8 Å². The lowest BCUT2D eigenvalue weighted by Crippen LogP contribution is -2.35. The van der Waals surface area contributed by atoms with Gasteiger partial charge in [0.15, 0.2) is 0 Å². The number of amides is 1. The van der Waals surface area contributed by atoms with Gasteiger partial charge in [0.05, 0.1) is 28.9 Å². The number of carbonyl (C=O) groups excluding carboxylic acids is 1. The van der Waals surface area contributed by atoms with Crippen LogP contribution in [0.15, 0.2) is 66.7 Å². The number of hydrogen-bond acceptors (Lipinski definition) is 3. The predicted molar refractivity (Wildman–Crippen MR) is 147 cm³/mol. The van der Waals surface area contributed by atoms with Crippen LogP contribution in [0, 0.1) is 0 Å². The van der Waals surface area contributed by atoms with Gasteiger partial charge in [-0.1, -0.05) is 83.9 Å². The summed E-state index contributed by atoms with van der Waals surface area (Å²) in [5.41, 5.74) is 4.19. The summed E-state index contributed by atoms with van der Waals surface area (Å²) >= 11 is 13.2. The molecule has 3 aromatic rings. The van der Waals surface area contributed by atoms with Crippen LogP contribution in [0.3, 0.4) is 0 Å². The largest absolute Gasteiger partial charge is 0.492 e. The third-order valence-corrected chi connectivity index (χ3v) is 7.89. The highest BCUT2D eigenvalue weighted by atomic mass is 35.5. The van der Waals surface area contributed by atoms with Gasteiger partial charge in [-0.2, -0.15) is 0 Å². The maximum absolute atomic E-state index is 12.8. The summed E-state index contributed by atoms with van der Waals surface area (Å²) in [5, 5.41) is 1.00. The summed E-state index contributed by atoms with van der Waals surface area (Å²) in [6, 6.07) is 22.5. The molecule has 4 nitrogen and oxygen atoms in total. The quantitative estimate of drug-likeness (QED) is 0.295. The minimum atomic E-state index is 0.0698. The van der Waals surface area contributed by atoms with E-state index in [1.165, 1.54) is 18.4 Å². The molecule has 0 bridgehead atoms. The lowest BCUT2D eigenvalue weighted by molar-refractivity contribution is -0.119. The van der Waals surface area contributed by atoms with Crippen LogP contribution >= 0.6 is 23.2 Å². The van der Waals surface area contributed by atoms with Gasteiger partial charge in [-0.15, -0.1) is 0 Å². The summed E-state index contributed by atoms with van der Waals surface area (Å²) in [7, 11) is 0. The van der Waals surface area contributed by atoms with Crippen LogP contribution in [0.5, 0.6) is 5.75 Å². The molecule has 36 heavy (non-hydrogen) atoms. The number of anilines is 1. The molecule has 0 radical (unpaired) electrons. The minimum absolute atomic E-state index is 0.0698. The second-order valence-corrected chi connectivity index (χ2v) is 10.5. The van der Waals surface area contributed by atoms with Crippen LogP contribution in [0.2, 0.25) is 10.0 Å². The predicted octanol–water partition coefficient (Wildman–Crippen LogP) is 7.12. The Balaban J connectivity index is 1.20. The molecular formula is C30H32Cl2N2O2. The number of carbonyl (C=O) groups is 1. The van der Waals surface area contributed by atoms with Crippen molar-refractivity contribution >= 4 is 34.8 Å². The fourth-order valence-electron chi connectivity index (χ4n) is 5.42. The SMILES string of the molecule is O=C1CCc2c(OCCCN3CCC(c4ccccc4)CC3)c(Cl)cc(Cl)c2N1Cc1ccccc1. The van der Waals surface area contributed by atoms with E-state index in [4.69, 9.17) is 27.9 Å². The monoisotopic (exact) mass is 522 g/mol. The van der Waals surface area contributed by atoms with Gasteiger partial charge in [0, 0.05) is 18.5 Å². The van der Waals surface area contributed by atoms with E-state index < -0.39 is 0 Å². The van der Waals surface area contributed by atoms with Gasteiger partial charge in [-0.3, -0.25) is 4.79 Å². The number of fused-ring (bicyclic) bond motifs is 1. The molecule has 5 rings (SSSR count). The van der Waals surface area contributed by atoms with Gasteiger partial charge in [-0.05, 0) is 61.9 Å². The molecule has 188 valence electrons. The zero-order valence-corrected chi connectivity index (χ0v) is 22.0. The van der Waals surface area contributed by atoms with Crippen molar-refractivity contribution in [3.63, 3.8) is 0 Å². The van der Waals surface area contributed by atoms with Gasteiger partial charge in [0.1, 0.15) is 5.75 Å². The highest BCUT2D eigenvalue weighted by Gasteiger charge is 2.30. The molecule has 0 unspecified atom stereocenters. The van der Waals surface area contributed by atoms with E-state index in [2.05, 4.69) is 35.2 Å². The molecule has 6 heteroatoms. The van der Waals surface area contributed by atoms with Crippen LogP contribution in [0.25, 0.3) is 0 Å². The second kappa shape index (κ2) is 11.7. The molecule has 2 aliphatic heterocycles. The van der Waals surface area contributed by atoms with Gasteiger partial charge < -0.3 is 14.5 Å². The molecule has 1 amide bonds. The molecule has 0 N–H and O–H groups in total. The van der Waals surface area contributed by atoms with Crippen molar-refractivity contribution in [2.24, 2.45) is 0 Å². The average molecular weight is 524 g/mol. The summed E-state index contributed by atoms with van der Waals surface area (Å²) in [5.74, 6) is 1.41. The Bertz CT molecular complexity index is 1180. The molecular weight excluding hydrogens is 491 g/mol. The van der Waals surface area contributed by atoms with Crippen molar-refractivity contribution in [3.05, 3.63) is 93.5 Å². The van der Waals surface area contributed by atoms with E-state index in [9.17, 15) is 4.79 Å². The highest BCUT2D eigenvalue weighted by molar-refractivity contribution is 6.38. The number of benzene rings is 3. The first-order chi connectivity index (χ1) is 17.6. The molecule has 0 saturated carbocycles. The Morgan fingerprint density at radius 2 is 1.58 bits per heavy atom. The van der Waals surface area contributed by atoms with E-state index in [0.29, 0.717) is 47.7 Å². The van der Waals surface area contributed by atoms with E-state index >= 15 is 0 Å². The van der Waals surface area contributed by atoms with Gasteiger partial charge >= 0.3 is 0 Å². The van der Waals surface area contributed by atoms with Gasteiger partial charge in [-0.25, -0.2) is 0 Å². The van der Waals surface area contributed by atoms with Crippen LogP contribution in [0.1, 0.15) is 48.3 Å². The molecule has 3 aromatic carbocycles. The molecule has 0 atom stereocenters. The van der Waals surface area contributed by atoms with Crippen molar-refractivity contribution in [3.8, 4) is 5.75 Å². The van der Waals surface area contributed by atoms with Crippen LogP contribution in [-0.4, -0.2) is 37.0 Å². The number of nitrogens with zero attached hydrogens (tertiary/aromatic N) is 2. The number of likely N-dealkylation sites (tertiary alicyclic amines) is 1. The second-order valence-electron chi connectivity index (χ2n) is 9.69. The Morgan fingerprint density at radius 3 is 2.31 bits per heavy atom. The number of rotatable bonds is 8. The molecule has 2 aliphatic rings. The molecule has 0 aromatic heterocycles. The molecule has 1 fully saturated rings. The van der Waals surface area contributed by atoms with Crippen molar-refractivity contribution in [2.45, 2.75) is 44.6 Å². The molecule has 0 aliphatic carbocycles. The maximum atomic E-state index is 12.8. The number of ether oxygens (including phenoxy) is 1.